The Kier molecular flexibility index (Phi) is 3.28. The van der Waals surface area contributed by atoms with Gasteiger partial charge in [0.25, 0.3) is 0 Å². The van der Waals surface area contributed by atoms with Crippen molar-refractivity contribution in [3.63, 3.8) is 0 Å². The van der Waals surface area contributed by atoms with Crippen LogP contribution < -0.4 is 4.73 Å². The molecule has 88 valence electrons. The zero-order chi connectivity index (χ0) is 12.4. The Morgan fingerprint density at radius 3 is 2.88 bits per heavy atom. The van der Waals surface area contributed by atoms with Gasteiger partial charge in [0.2, 0.25) is 0 Å². The fraction of sp³-hybridized carbons (Fsp3) is 0.167. The molecule has 0 aliphatic carbocycles. The normalized spacial score (nSPS) is 10.5. The van der Waals surface area contributed by atoms with E-state index in [0.29, 0.717) is 4.73 Å². The molecular formula is C12H10BrNO3. The van der Waals surface area contributed by atoms with Gasteiger partial charge in [-0.05, 0) is 24.4 Å². The Hall–Kier alpha value is -1.62. The molecule has 17 heavy (non-hydrogen) atoms. The summed E-state index contributed by atoms with van der Waals surface area (Å²) < 4.78 is 6.23. The van der Waals surface area contributed by atoms with Gasteiger partial charge in [0, 0.05) is 15.9 Å². The van der Waals surface area contributed by atoms with Gasteiger partial charge in [0.05, 0.1) is 6.61 Å². The predicted molar refractivity (Wildman–Crippen MR) is 66.6 cm³/mol. The topological polar surface area (TPSA) is 53.2 Å². The number of aromatic nitrogens is 1. The van der Waals surface area contributed by atoms with Gasteiger partial charge in [-0.3, -0.25) is 0 Å². The highest BCUT2D eigenvalue weighted by Gasteiger charge is 2.18. The van der Waals surface area contributed by atoms with E-state index in [1.54, 1.807) is 6.92 Å². The lowest BCUT2D eigenvalue weighted by Gasteiger charge is -2.05. The zero-order valence-electron chi connectivity index (χ0n) is 9.14. The number of ether oxygens (including phenoxy) is 1. The van der Waals surface area contributed by atoms with Crippen molar-refractivity contribution < 1.29 is 14.3 Å². The van der Waals surface area contributed by atoms with Crippen LogP contribution in [0.5, 0.6) is 0 Å². The van der Waals surface area contributed by atoms with Crippen LogP contribution in [0.3, 0.4) is 0 Å². The molecule has 0 aliphatic heterocycles. The van der Waals surface area contributed by atoms with E-state index in [-0.39, 0.29) is 12.3 Å². The fourth-order valence-electron chi connectivity index (χ4n) is 1.55. The number of hydrogen-bond donors (Lipinski definition) is 0. The molecule has 0 saturated heterocycles. The Morgan fingerprint density at radius 1 is 1.41 bits per heavy atom. The largest absolute Gasteiger partial charge is 0.618 e. The lowest BCUT2D eigenvalue weighted by atomic mass is 10.1. The minimum atomic E-state index is -0.604. The lowest BCUT2D eigenvalue weighted by molar-refractivity contribution is -0.606. The Morgan fingerprint density at radius 2 is 2.18 bits per heavy atom. The summed E-state index contributed by atoms with van der Waals surface area (Å²) in [4.78, 5) is 11.5. The third-order valence-corrected chi connectivity index (χ3v) is 2.81. The molecule has 2 rings (SSSR count). The van der Waals surface area contributed by atoms with Crippen molar-refractivity contribution in [3.05, 3.63) is 45.8 Å². The minimum Gasteiger partial charge on any atom is -0.618 e. The van der Waals surface area contributed by atoms with Crippen molar-refractivity contribution in [2.45, 2.75) is 6.92 Å². The number of benzene rings is 1. The molecule has 0 fully saturated rings. The summed E-state index contributed by atoms with van der Waals surface area (Å²) >= 11 is 3.33. The summed E-state index contributed by atoms with van der Waals surface area (Å²) in [5.74, 6) is -0.604. The summed E-state index contributed by atoms with van der Waals surface area (Å²) in [6.45, 7) is 1.95. The maximum Gasteiger partial charge on any atom is 0.405 e. The van der Waals surface area contributed by atoms with Gasteiger partial charge in [0.15, 0.2) is 6.20 Å². The average molecular weight is 296 g/mol. The number of nitrogens with zero attached hydrogens (tertiary/aromatic N) is 1. The highest BCUT2D eigenvalue weighted by Crippen LogP contribution is 2.19. The number of fused-ring (bicyclic) bond motifs is 1. The van der Waals surface area contributed by atoms with Gasteiger partial charge in [-0.25, -0.2) is 4.79 Å². The van der Waals surface area contributed by atoms with E-state index in [4.69, 9.17) is 4.74 Å². The van der Waals surface area contributed by atoms with E-state index >= 15 is 0 Å². The van der Waals surface area contributed by atoms with Crippen molar-refractivity contribution in [1.82, 2.24) is 0 Å². The van der Waals surface area contributed by atoms with Crippen LogP contribution in [-0.2, 0) is 4.74 Å². The summed E-state index contributed by atoms with van der Waals surface area (Å²) in [5.41, 5.74) is 0.00155. The maximum atomic E-state index is 11.7. The molecule has 1 aromatic heterocycles. The second-order valence-corrected chi connectivity index (χ2v) is 4.39. The molecule has 0 spiro atoms. The molecule has 0 bridgehead atoms. The molecule has 2 aromatic rings. The van der Waals surface area contributed by atoms with Crippen molar-refractivity contribution in [1.29, 1.82) is 0 Å². The molecule has 0 unspecified atom stereocenters. The number of esters is 1. The summed E-state index contributed by atoms with van der Waals surface area (Å²) in [6, 6.07) is 7.04. The first-order valence-electron chi connectivity index (χ1n) is 5.11. The molecule has 0 aliphatic rings. The van der Waals surface area contributed by atoms with E-state index in [0.717, 1.165) is 15.2 Å². The Bertz CT molecular complexity index is 583. The van der Waals surface area contributed by atoms with E-state index in [2.05, 4.69) is 15.9 Å². The quantitative estimate of drug-likeness (QED) is 0.486. The molecule has 1 aromatic carbocycles. The van der Waals surface area contributed by atoms with E-state index in [9.17, 15) is 10.0 Å². The molecule has 0 saturated carbocycles. The van der Waals surface area contributed by atoms with Gasteiger partial charge >= 0.3 is 11.7 Å². The predicted octanol–water partition coefficient (Wildman–Crippen LogP) is 2.41. The van der Waals surface area contributed by atoms with Crippen molar-refractivity contribution in [2.75, 3.05) is 6.61 Å². The van der Waals surface area contributed by atoms with Crippen molar-refractivity contribution in [3.8, 4) is 0 Å². The fourth-order valence-corrected chi connectivity index (χ4v) is 1.93. The first-order valence-corrected chi connectivity index (χ1v) is 5.90. The minimum absolute atomic E-state index is 0.00155. The van der Waals surface area contributed by atoms with Gasteiger partial charge in [0.1, 0.15) is 0 Å². The van der Waals surface area contributed by atoms with E-state index in [1.807, 2.05) is 18.2 Å². The van der Waals surface area contributed by atoms with Crippen LogP contribution in [0.2, 0.25) is 0 Å². The van der Waals surface area contributed by atoms with Crippen molar-refractivity contribution in [2.24, 2.45) is 0 Å². The van der Waals surface area contributed by atoms with Gasteiger partial charge in [-0.2, -0.15) is 4.73 Å². The summed E-state index contributed by atoms with van der Waals surface area (Å²) in [6.07, 6.45) is 1.37. The average Bonchev–Trinajstić information content (AvgIpc) is 2.28. The summed E-state index contributed by atoms with van der Waals surface area (Å²) in [5, 5.41) is 13.2. The molecular weight excluding hydrogens is 286 g/mol. The lowest BCUT2D eigenvalue weighted by Crippen LogP contribution is -2.34. The highest BCUT2D eigenvalue weighted by molar-refractivity contribution is 9.10. The number of rotatable bonds is 2. The molecule has 0 radical (unpaired) electrons. The van der Waals surface area contributed by atoms with E-state index in [1.165, 1.54) is 12.3 Å². The van der Waals surface area contributed by atoms with E-state index < -0.39 is 5.97 Å². The second kappa shape index (κ2) is 4.71. The molecule has 0 amide bonds. The first-order chi connectivity index (χ1) is 8.11. The number of carbonyl (C=O) groups is 1. The third kappa shape index (κ3) is 2.39. The number of hydrogen-bond acceptors (Lipinski definition) is 3. The maximum absolute atomic E-state index is 11.7. The van der Waals surface area contributed by atoms with Gasteiger partial charge < -0.3 is 9.94 Å². The molecule has 5 heteroatoms. The van der Waals surface area contributed by atoms with Crippen LogP contribution in [0, 0.1) is 5.21 Å². The number of pyridine rings is 1. The third-order valence-electron chi connectivity index (χ3n) is 2.32. The zero-order valence-corrected chi connectivity index (χ0v) is 10.7. The van der Waals surface area contributed by atoms with Gasteiger partial charge in [-0.15, -0.1) is 0 Å². The Balaban J connectivity index is 2.55. The SMILES string of the molecule is CCOC(=O)c1cc2ccc(Br)cc2c[n+]1[O-]. The number of halogens is 1. The van der Waals surface area contributed by atoms with Crippen LogP contribution >= 0.6 is 15.9 Å². The monoisotopic (exact) mass is 295 g/mol. The first kappa shape index (κ1) is 11.9. The summed E-state index contributed by atoms with van der Waals surface area (Å²) in [7, 11) is 0. The molecule has 0 N–H and O–H groups in total. The highest BCUT2D eigenvalue weighted by atomic mass is 79.9. The molecule has 1 heterocycles. The van der Waals surface area contributed by atoms with Crippen LogP contribution in [0.15, 0.2) is 34.9 Å². The van der Waals surface area contributed by atoms with Gasteiger partial charge in [-0.1, -0.05) is 22.0 Å². The second-order valence-electron chi connectivity index (χ2n) is 3.48. The van der Waals surface area contributed by atoms with Crippen LogP contribution in [0.25, 0.3) is 10.8 Å². The standard InChI is InChI=1S/C12H10BrNO3/c1-2-17-12(15)11-6-8-3-4-10(13)5-9(8)7-14(11)16/h3-7H,2H2,1H3. The molecule has 0 atom stereocenters. The van der Waals surface area contributed by atoms with Crippen LogP contribution in [-0.4, -0.2) is 12.6 Å². The molecule has 4 nitrogen and oxygen atoms in total. The van der Waals surface area contributed by atoms with Crippen LogP contribution in [0.1, 0.15) is 17.4 Å². The number of carbonyl (C=O) groups excluding carboxylic acids is 1. The smallest absolute Gasteiger partial charge is 0.405 e. The van der Waals surface area contributed by atoms with Crippen molar-refractivity contribution >= 4 is 32.7 Å². The Labute approximate surface area is 107 Å². The van der Waals surface area contributed by atoms with Crippen LogP contribution in [0.4, 0.5) is 0 Å².